The molecular weight excluding hydrogens is 181 g/mol. The van der Waals surface area contributed by atoms with Crippen molar-refractivity contribution in [2.75, 3.05) is 20.2 Å². The average molecular weight is 197 g/mol. The van der Waals surface area contributed by atoms with E-state index in [-0.39, 0.29) is 11.9 Å². The van der Waals surface area contributed by atoms with Gasteiger partial charge in [0.2, 0.25) is 0 Å². The van der Waals surface area contributed by atoms with Gasteiger partial charge in [0.15, 0.2) is 0 Å². The van der Waals surface area contributed by atoms with Gasteiger partial charge in [0.1, 0.15) is 5.82 Å². The van der Waals surface area contributed by atoms with Crippen molar-refractivity contribution in [2.24, 2.45) is 0 Å². The first kappa shape index (κ1) is 11.1. The molecule has 2 nitrogen and oxygen atoms in total. The average Bonchev–Trinajstić information content (AvgIpc) is 2.19. The molecule has 0 spiro atoms. The molecule has 1 aromatic rings. The second-order valence-corrected chi connectivity index (χ2v) is 3.09. The third-order valence-corrected chi connectivity index (χ3v) is 2.08. The molecule has 0 aliphatic rings. The normalized spacial score (nSPS) is 12.8. The summed E-state index contributed by atoms with van der Waals surface area (Å²) in [7, 11) is 1.63. The zero-order valence-electron chi connectivity index (χ0n) is 8.59. The van der Waals surface area contributed by atoms with Crippen molar-refractivity contribution >= 4 is 0 Å². The van der Waals surface area contributed by atoms with E-state index in [1.807, 2.05) is 13.0 Å². The van der Waals surface area contributed by atoms with E-state index in [2.05, 4.69) is 5.32 Å². The minimum absolute atomic E-state index is 0.0781. The van der Waals surface area contributed by atoms with E-state index < -0.39 is 0 Å². The van der Waals surface area contributed by atoms with Crippen LogP contribution >= 0.6 is 0 Å². The van der Waals surface area contributed by atoms with Crippen molar-refractivity contribution < 1.29 is 9.13 Å². The van der Waals surface area contributed by atoms with Gasteiger partial charge in [-0.05, 0) is 24.2 Å². The highest BCUT2D eigenvalue weighted by molar-refractivity contribution is 5.19. The molecule has 1 aromatic carbocycles. The van der Waals surface area contributed by atoms with Crippen molar-refractivity contribution in [3.63, 3.8) is 0 Å². The number of hydrogen-bond donors (Lipinski definition) is 1. The fourth-order valence-electron chi connectivity index (χ4n) is 1.32. The maximum absolute atomic E-state index is 12.9. The Balaban J connectivity index is 2.68. The van der Waals surface area contributed by atoms with Crippen LogP contribution in [0.4, 0.5) is 4.39 Å². The lowest BCUT2D eigenvalue weighted by Gasteiger charge is -2.15. The molecule has 0 saturated carbocycles. The number of benzene rings is 1. The predicted molar refractivity (Wildman–Crippen MR) is 54.7 cm³/mol. The minimum atomic E-state index is -0.221. The summed E-state index contributed by atoms with van der Waals surface area (Å²) in [6.07, 6.45) is -0.0781. The maximum atomic E-state index is 12.9. The van der Waals surface area contributed by atoms with Crippen LogP contribution in [-0.2, 0) is 4.74 Å². The second-order valence-electron chi connectivity index (χ2n) is 3.09. The van der Waals surface area contributed by atoms with Gasteiger partial charge < -0.3 is 10.1 Å². The van der Waals surface area contributed by atoms with Crippen LogP contribution in [0.1, 0.15) is 18.6 Å². The third-order valence-electron chi connectivity index (χ3n) is 2.08. The Hall–Kier alpha value is -0.930. The van der Waals surface area contributed by atoms with Gasteiger partial charge in [0.05, 0.1) is 6.10 Å². The molecule has 1 atom stereocenters. The summed E-state index contributed by atoms with van der Waals surface area (Å²) in [5.41, 5.74) is 0.869. The van der Waals surface area contributed by atoms with Crippen LogP contribution in [0.5, 0.6) is 0 Å². The topological polar surface area (TPSA) is 21.3 Å². The zero-order valence-corrected chi connectivity index (χ0v) is 8.59. The molecule has 0 amide bonds. The molecule has 0 saturated heterocycles. The first-order valence-electron chi connectivity index (χ1n) is 4.77. The van der Waals surface area contributed by atoms with Crippen LogP contribution < -0.4 is 5.32 Å². The van der Waals surface area contributed by atoms with E-state index in [9.17, 15) is 4.39 Å². The number of rotatable bonds is 5. The zero-order chi connectivity index (χ0) is 10.4. The Kier molecular flexibility index (Phi) is 4.56. The molecule has 0 radical (unpaired) electrons. The van der Waals surface area contributed by atoms with E-state index in [1.165, 1.54) is 12.1 Å². The number of ether oxygens (including phenoxy) is 1. The van der Waals surface area contributed by atoms with Gasteiger partial charge in [-0.2, -0.15) is 0 Å². The third kappa shape index (κ3) is 3.09. The van der Waals surface area contributed by atoms with Crippen LogP contribution in [0.3, 0.4) is 0 Å². The largest absolute Gasteiger partial charge is 0.375 e. The van der Waals surface area contributed by atoms with Crippen molar-refractivity contribution in [1.82, 2.24) is 5.32 Å². The van der Waals surface area contributed by atoms with Gasteiger partial charge >= 0.3 is 0 Å². The smallest absolute Gasteiger partial charge is 0.123 e. The Labute approximate surface area is 84.1 Å². The van der Waals surface area contributed by atoms with Crippen molar-refractivity contribution in [2.45, 2.75) is 13.0 Å². The SMILES string of the molecule is CCNCC(OC)c1cccc(F)c1. The summed E-state index contributed by atoms with van der Waals surface area (Å²) in [6, 6.07) is 6.51. The van der Waals surface area contributed by atoms with Crippen LogP contribution in [-0.4, -0.2) is 20.2 Å². The van der Waals surface area contributed by atoms with Crippen LogP contribution in [0.15, 0.2) is 24.3 Å². The lowest BCUT2D eigenvalue weighted by Crippen LogP contribution is -2.22. The van der Waals surface area contributed by atoms with Crippen molar-refractivity contribution in [1.29, 1.82) is 0 Å². The fourth-order valence-corrected chi connectivity index (χ4v) is 1.32. The Morgan fingerprint density at radius 2 is 2.29 bits per heavy atom. The first-order chi connectivity index (χ1) is 6.77. The standard InChI is InChI=1S/C11H16FNO/c1-3-13-8-11(14-2)9-5-4-6-10(12)7-9/h4-7,11,13H,3,8H2,1-2H3. The van der Waals surface area contributed by atoms with E-state index >= 15 is 0 Å². The first-order valence-corrected chi connectivity index (χ1v) is 4.77. The summed E-state index contributed by atoms with van der Waals surface area (Å²) in [5, 5.41) is 3.17. The lowest BCUT2D eigenvalue weighted by atomic mass is 10.1. The Morgan fingerprint density at radius 3 is 2.86 bits per heavy atom. The number of likely N-dealkylation sites (N-methyl/N-ethyl adjacent to an activating group) is 1. The second kappa shape index (κ2) is 5.73. The molecule has 0 aromatic heterocycles. The highest BCUT2D eigenvalue weighted by atomic mass is 19.1. The highest BCUT2D eigenvalue weighted by Crippen LogP contribution is 2.16. The number of hydrogen-bond acceptors (Lipinski definition) is 2. The molecule has 1 rings (SSSR count). The summed E-state index contributed by atoms with van der Waals surface area (Å²) in [4.78, 5) is 0. The summed E-state index contributed by atoms with van der Waals surface area (Å²) >= 11 is 0. The van der Waals surface area contributed by atoms with Gasteiger partial charge in [-0.25, -0.2) is 4.39 Å². The predicted octanol–water partition coefficient (Wildman–Crippen LogP) is 2.12. The van der Waals surface area contributed by atoms with Crippen molar-refractivity contribution in [3.05, 3.63) is 35.6 Å². The number of nitrogens with one attached hydrogen (secondary N) is 1. The van der Waals surface area contributed by atoms with Gasteiger partial charge in [0, 0.05) is 13.7 Å². The molecule has 14 heavy (non-hydrogen) atoms. The summed E-state index contributed by atoms with van der Waals surface area (Å²) in [6.45, 7) is 3.62. The van der Waals surface area contributed by atoms with Gasteiger partial charge in [-0.3, -0.25) is 0 Å². The molecule has 1 unspecified atom stereocenters. The minimum Gasteiger partial charge on any atom is -0.375 e. The van der Waals surface area contributed by atoms with E-state index in [1.54, 1.807) is 13.2 Å². The van der Waals surface area contributed by atoms with E-state index in [4.69, 9.17) is 4.74 Å². The Bertz CT molecular complexity index is 278. The molecule has 0 fully saturated rings. The van der Waals surface area contributed by atoms with Gasteiger partial charge in [0.25, 0.3) is 0 Å². The molecule has 3 heteroatoms. The molecule has 0 aliphatic heterocycles. The van der Waals surface area contributed by atoms with Crippen molar-refractivity contribution in [3.8, 4) is 0 Å². The lowest BCUT2D eigenvalue weighted by molar-refractivity contribution is 0.103. The quantitative estimate of drug-likeness (QED) is 0.780. The number of methoxy groups -OCH3 is 1. The van der Waals surface area contributed by atoms with Gasteiger partial charge in [-0.1, -0.05) is 19.1 Å². The van der Waals surface area contributed by atoms with E-state index in [0.717, 1.165) is 12.1 Å². The molecule has 0 bridgehead atoms. The van der Waals surface area contributed by atoms with Crippen LogP contribution in [0.2, 0.25) is 0 Å². The number of halogens is 1. The fraction of sp³-hybridized carbons (Fsp3) is 0.455. The molecule has 1 N–H and O–H groups in total. The molecular formula is C11H16FNO. The Morgan fingerprint density at radius 1 is 1.50 bits per heavy atom. The van der Waals surface area contributed by atoms with Crippen LogP contribution in [0, 0.1) is 5.82 Å². The molecule has 78 valence electrons. The summed E-state index contributed by atoms with van der Waals surface area (Å²) in [5.74, 6) is -0.221. The van der Waals surface area contributed by atoms with Crippen LogP contribution in [0.25, 0.3) is 0 Å². The monoisotopic (exact) mass is 197 g/mol. The summed E-state index contributed by atoms with van der Waals surface area (Å²) < 4.78 is 18.2. The maximum Gasteiger partial charge on any atom is 0.123 e. The van der Waals surface area contributed by atoms with Gasteiger partial charge in [-0.15, -0.1) is 0 Å². The van der Waals surface area contributed by atoms with E-state index in [0.29, 0.717) is 6.54 Å². The highest BCUT2D eigenvalue weighted by Gasteiger charge is 2.09. The molecule has 0 heterocycles. The molecule has 0 aliphatic carbocycles.